The number of halogens is 2. The van der Waals surface area contributed by atoms with Gasteiger partial charge in [-0.1, -0.05) is 6.42 Å². The van der Waals surface area contributed by atoms with E-state index in [0.29, 0.717) is 24.4 Å². The first-order chi connectivity index (χ1) is 9.63. The largest absolute Gasteiger partial charge is 0.351 e. The molecule has 3 rings (SSSR count). The van der Waals surface area contributed by atoms with Gasteiger partial charge in [-0.25, -0.2) is 0 Å². The van der Waals surface area contributed by atoms with Gasteiger partial charge in [0.2, 0.25) is 5.91 Å². The van der Waals surface area contributed by atoms with E-state index in [2.05, 4.69) is 27.3 Å². The predicted molar refractivity (Wildman–Crippen MR) is 92.6 cm³/mol. The van der Waals surface area contributed by atoms with E-state index in [-0.39, 0.29) is 24.2 Å². The van der Waals surface area contributed by atoms with Crippen molar-refractivity contribution in [2.24, 2.45) is 23.5 Å². The van der Waals surface area contributed by atoms with Gasteiger partial charge in [-0.3, -0.25) is 4.79 Å². The molecule has 0 saturated heterocycles. The van der Waals surface area contributed by atoms with Crippen LogP contribution in [0, 0.1) is 17.8 Å². The Balaban J connectivity index is 0.00000161. The van der Waals surface area contributed by atoms with Crippen LogP contribution in [0.15, 0.2) is 15.9 Å². The van der Waals surface area contributed by atoms with E-state index in [1.165, 1.54) is 24.1 Å². The maximum Gasteiger partial charge on any atom is 0.223 e. The molecule has 0 radical (unpaired) electrons. The van der Waals surface area contributed by atoms with Crippen LogP contribution in [0.3, 0.4) is 0 Å². The van der Waals surface area contributed by atoms with Crippen LogP contribution in [0.2, 0.25) is 0 Å². The van der Waals surface area contributed by atoms with Gasteiger partial charge < -0.3 is 11.1 Å². The zero-order valence-corrected chi connectivity index (χ0v) is 15.1. The highest BCUT2D eigenvalue weighted by Crippen LogP contribution is 2.41. The number of amides is 1. The molecule has 2 bridgehead atoms. The molecule has 2 fully saturated rings. The van der Waals surface area contributed by atoms with Gasteiger partial charge in [-0.2, -0.15) is 0 Å². The Morgan fingerprint density at radius 2 is 2.00 bits per heavy atom. The van der Waals surface area contributed by atoms with Gasteiger partial charge in [0.1, 0.15) is 0 Å². The summed E-state index contributed by atoms with van der Waals surface area (Å²) in [5, 5.41) is 3.10. The van der Waals surface area contributed by atoms with Gasteiger partial charge in [-0.05, 0) is 65.6 Å². The molecular weight excluding hydrogens is 372 g/mol. The standard InChI is InChI=1S/C15H21BrN2OS.ClH/c16-13-5-4-12(20-13)8-18-15(19)11-6-9-2-1-3-10(7-11)14(9)17;/h4-5,9-11,14H,1-3,6-8,17H2,(H,18,19);1H. The van der Waals surface area contributed by atoms with Gasteiger partial charge in [0.25, 0.3) is 0 Å². The number of thiophene rings is 1. The number of carbonyl (C=O) groups is 1. The number of nitrogens with one attached hydrogen (secondary N) is 1. The van der Waals surface area contributed by atoms with Gasteiger partial charge in [0.05, 0.1) is 10.3 Å². The molecule has 118 valence electrons. The van der Waals surface area contributed by atoms with E-state index in [1.54, 1.807) is 11.3 Å². The van der Waals surface area contributed by atoms with Crippen LogP contribution in [-0.2, 0) is 11.3 Å². The molecule has 2 aliphatic rings. The minimum atomic E-state index is 0. The molecule has 0 aliphatic heterocycles. The SMILES string of the molecule is Cl.NC1C2CCCC1CC(C(=O)NCc1ccc(Br)s1)C2. The molecule has 2 unspecified atom stereocenters. The van der Waals surface area contributed by atoms with Crippen LogP contribution in [0.4, 0.5) is 0 Å². The molecule has 2 saturated carbocycles. The highest BCUT2D eigenvalue weighted by atomic mass is 79.9. The highest BCUT2D eigenvalue weighted by molar-refractivity contribution is 9.11. The molecule has 0 spiro atoms. The van der Waals surface area contributed by atoms with E-state index in [0.717, 1.165) is 16.6 Å². The second-order valence-corrected chi connectivity index (χ2v) is 8.67. The third-order valence-electron chi connectivity index (χ3n) is 4.85. The lowest BCUT2D eigenvalue weighted by Crippen LogP contribution is -2.49. The zero-order chi connectivity index (χ0) is 14.1. The molecule has 6 heteroatoms. The maximum atomic E-state index is 12.4. The Morgan fingerprint density at radius 3 is 2.57 bits per heavy atom. The Morgan fingerprint density at radius 1 is 1.33 bits per heavy atom. The topological polar surface area (TPSA) is 55.1 Å². The predicted octanol–water partition coefficient (Wildman–Crippen LogP) is 3.70. The van der Waals surface area contributed by atoms with Crippen molar-refractivity contribution < 1.29 is 4.79 Å². The van der Waals surface area contributed by atoms with Gasteiger partial charge in [0, 0.05) is 16.8 Å². The van der Waals surface area contributed by atoms with Crippen molar-refractivity contribution >= 4 is 45.6 Å². The third kappa shape index (κ3) is 4.01. The molecule has 2 aliphatic carbocycles. The van der Waals surface area contributed by atoms with Crippen LogP contribution in [0.5, 0.6) is 0 Å². The fourth-order valence-electron chi connectivity index (χ4n) is 3.77. The van der Waals surface area contributed by atoms with E-state index in [4.69, 9.17) is 5.73 Å². The molecule has 0 aromatic carbocycles. The van der Waals surface area contributed by atoms with Crippen molar-refractivity contribution in [3.63, 3.8) is 0 Å². The van der Waals surface area contributed by atoms with Crippen LogP contribution < -0.4 is 11.1 Å². The summed E-state index contributed by atoms with van der Waals surface area (Å²) < 4.78 is 1.11. The van der Waals surface area contributed by atoms with Crippen molar-refractivity contribution in [2.75, 3.05) is 0 Å². The fraction of sp³-hybridized carbons (Fsp3) is 0.667. The molecule has 3 nitrogen and oxygen atoms in total. The first-order valence-electron chi connectivity index (χ1n) is 7.41. The molecule has 1 aromatic heterocycles. The molecule has 1 heterocycles. The highest BCUT2D eigenvalue weighted by Gasteiger charge is 2.40. The summed E-state index contributed by atoms with van der Waals surface area (Å²) in [5.41, 5.74) is 6.28. The van der Waals surface area contributed by atoms with E-state index < -0.39 is 0 Å². The molecule has 21 heavy (non-hydrogen) atoms. The quantitative estimate of drug-likeness (QED) is 0.822. The van der Waals surface area contributed by atoms with E-state index >= 15 is 0 Å². The summed E-state index contributed by atoms with van der Waals surface area (Å²) in [5.74, 6) is 1.52. The minimum Gasteiger partial charge on any atom is -0.351 e. The first kappa shape index (κ1) is 17.3. The number of hydrogen-bond acceptors (Lipinski definition) is 3. The van der Waals surface area contributed by atoms with Crippen molar-refractivity contribution in [3.8, 4) is 0 Å². The molecule has 1 amide bonds. The molecule has 2 atom stereocenters. The summed E-state index contributed by atoms with van der Waals surface area (Å²) in [6.07, 6.45) is 5.68. The van der Waals surface area contributed by atoms with E-state index in [1.807, 2.05) is 6.07 Å². The average Bonchev–Trinajstić information content (AvgIpc) is 2.81. The average molecular weight is 394 g/mol. The lowest BCUT2D eigenvalue weighted by atomic mass is 9.65. The van der Waals surface area contributed by atoms with Crippen molar-refractivity contribution in [3.05, 3.63) is 20.8 Å². The smallest absolute Gasteiger partial charge is 0.223 e. The number of rotatable bonds is 3. The van der Waals surface area contributed by atoms with Crippen molar-refractivity contribution in [2.45, 2.75) is 44.7 Å². The Bertz CT molecular complexity index is 482. The molecular formula is C15H22BrClN2OS. The number of nitrogens with two attached hydrogens (primary N) is 1. The summed E-state index contributed by atoms with van der Waals surface area (Å²) >= 11 is 5.12. The molecule has 1 aromatic rings. The Hall–Kier alpha value is -0.100. The number of hydrogen-bond donors (Lipinski definition) is 2. The van der Waals surface area contributed by atoms with Crippen molar-refractivity contribution in [1.82, 2.24) is 5.32 Å². The lowest BCUT2D eigenvalue weighted by Gasteiger charge is -2.43. The summed E-state index contributed by atoms with van der Waals surface area (Å²) in [4.78, 5) is 13.5. The Kier molecular flexibility index (Phi) is 6.12. The second kappa shape index (κ2) is 7.44. The van der Waals surface area contributed by atoms with Crippen LogP contribution >= 0.6 is 39.7 Å². The van der Waals surface area contributed by atoms with Gasteiger partial charge >= 0.3 is 0 Å². The second-order valence-electron chi connectivity index (χ2n) is 6.12. The van der Waals surface area contributed by atoms with E-state index in [9.17, 15) is 4.79 Å². The van der Waals surface area contributed by atoms with Crippen LogP contribution in [-0.4, -0.2) is 11.9 Å². The first-order valence-corrected chi connectivity index (χ1v) is 9.02. The molecule has 3 N–H and O–H groups in total. The number of carbonyl (C=O) groups excluding carboxylic acids is 1. The van der Waals surface area contributed by atoms with Crippen LogP contribution in [0.1, 0.15) is 37.0 Å². The maximum absolute atomic E-state index is 12.4. The normalized spacial score (nSPS) is 31.3. The van der Waals surface area contributed by atoms with Crippen molar-refractivity contribution in [1.29, 1.82) is 0 Å². The van der Waals surface area contributed by atoms with Crippen LogP contribution in [0.25, 0.3) is 0 Å². The summed E-state index contributed by atoms with van der Waals surface area (Å²) in [7, 11) is 0. The zero-order valence-electron chi connectivity index (χ0n) is 11.9. The third-order valence-corrected chi connectivity index (χ3v) is 6.47. The lowest BCUT2D eigenvalue weighted by molar-refractivity contribution is -0.128. The number of fused-ring (bicyclic) bond motifs is 2. The monoisotopic (exact) mass is 392 g/mol. The summed E-state index contributed by atoms with van der Waals surface area (Å²) in [6, 6.07) is 4.41. The Labute approximate surface area is 144 Å². The minimum absolute atomic E-state index is 0. The van der Waals surface area contributed by atoms with Gasteiger partial charge in [-0.15, -0.1) is 23.7 Å². The summed E-state index contributed by atoms with van der Waals surface area (Å²) in [6.45, 7) is 0.646. The van der Waals surface area contributed by atoms with Gasteiger partial charge in [0.15, 0.2) is 0 Å². The fourth-order valence-corrected chi connectivity index (χ4v) is 5.19.